The molecule has 2 aromatic rings. The zero-order valence-corrected chi connectivity index (χ0v) is 25.7. The van der Waals surface area contributed by atoms with Gasteiger partial charge in [0.15, 0.2) is 29.1 Å². The third-order valence-corrected chi connectivity index (χ3v) is 11.9. The molecule has 5 aliphatic rings. The summed E-state index contributed by atoms with van der Waals surface area (Å²) in [4.78, 5) is 26.7. The number of carbonyl (C=O) groups excluding carboxylic acids is 2. The number of anilines is 1. The Labute approximate surface area is 262 Å². The van der Waals surface area contributed by atoms with Crippen molar-refractivity contribution in [1.82, 2.24) is 0 Å². The molecule has 0 radical (unpaired) electrons. The summed E-state index contributed by atoms with van der Waals surface area (Å²) in [6.07, 6.45) is 4.30. The number of halogens is 1. The molecule has 4 N–H and O–H groups in total. The van der Waals surface area contributed by atoms with Gasteiger partial charge < -0.3 is 25.4 Å². The molecular formula is C37H40FNO6. The minimum atomic E-state index is -1.95. The van der Waals surface area contributed by atoms with Gasteiger partial charge in [-0.15, -0.1) is 0 Å². The van der Waals surface area contributed by atoms with Crippen LogP contribution in [0.25, 0.3) is 0 Å². The van der Waals surface area contributed by atoms with Gasteiger partial charge in [-0.2, -0.15) is 0 Å². The molecule has 236 valence electrons. The van der Waals surface area contributed by atoms with Gasteiger partial charge >= 0.3 is 0 Å². The molecule has 3 saturated carbocycles. The molecule has 0 aromatic heterocycles. The summed E-state index contributed by atoms with van der Waals surface area (Å²) in [7, 11) is 0. The van der Waals surface area contributed by atoms with Crippen LogP contribution in [0.2, 0.25) is 0 Å². The summed E-state index contributed by atoms with van der Waals surface area (Å²) >= 11 is 0. The number of benzene rings is 2. The molecule has 0 bridgehead atoms. The molecule has 4 fully saturated rings. The second kappa shape index (κ2) is 10.3. The summed E-state index contributed by atoms with van der Waals surface area (Å²) in [6, 6.07) is 14.1. The number of aliphatic hydroxyl groups is 2. The number of alkyl halides is 1. The number of nitrogens with two attached hydrogens (primary N) is 1. The average Bonchev–Trinajstić information content (AvgIpc) is 3.51. The number of hydrogen-bond donors (Lipinski definition) is 3. The highest BCUT2D eigenvalue weighted by Crippen LogP contribution is 2.72. The van der Waals surface area contributed by atoms with E-state index >= 15 is 4.39 Å². The lowest BCUT2D eigenvalue weighted by Crippen LogP contribution is -2.69. The number of Topliss-reactive ketones (excluding diaryl/α,β-unsaturated/α-hetero) is 2. The predicted molar refractivity (Wildman–Crippen MR) is 167 cm³/mol. The quantitative estimate of drug-likeness (QED) is 0.296. The molecule has 2 aromatic carbocycles. The smallest absolute Gasteiger partial charge is 0.193 e. The van der Waals surface area contributed by atoms with Gasteiger partial charge in [0.2, 0.25) is 0 Å². The first-order valence-corrected chi connectivity index (χ1v) is 15.8. The molecule has 9 atom stereocenters. The summed E-state index contributed by atoms with van der Waals surface area (Å²) in [5, 5.41) is 22.0. The fraction of sp³-hybridized carbons (Fsp3) is 0.459. The summed E-state index contributed by atoms with van der Waals surface area (Å²) < 4.78 is 30.7. The highest BCUT2D eigenvalue weighted by Gasteiger charge is 2.79. The minimum Gasteiger partial charge on any atom is -0.399 e. The van der Waals surface area contributed by atoms with E-state index in [2.05, 4.69) is 6.58 Å². The molecule has 4 aliphatic carbocycles. The van der Waals surface area contributed by atoms with Gasteiger partial charge in [0.1, 0.15) is 6.61 Å². The van der Waals surface area contributed by atoms with Crippen LogP contribution < -0.4 is 5.73 Å². The molecule has 8 heteroatoms. The molecule has 0 amide bonds. The molecular weight excluding hydrogens is 573 g/mol. The van der Waals surface area contributed by atoms with Gasteiger partial charge in [0.05, 0.1) is 12.2 Å². The van der Waals surface area contributed by atoms with Crippen LogP contribution in [0.5, 0.6) is 0 Å². The lowest BCUT2D eigenvalue weighted by molar-refractivity contribution is -0.231. The number of ketones is 2. The van der Waals surface area contributed by atoms with Gasteiger partial charge in [0.25, 0.3) is 0 Å². The van der Waals surface area contributed by atoms with Crippen molar-refractivity contribution in [2.45, 2.75) is 75.7 Å². The van der Waals surface area contributed by atoms with E-state index in [1.807, 2.05) is 44.2 Å². The lowest BCUT2D eigenvalue weighted by atomic mass is 9.44. The van der Waals surface area contributed by atoms with Crippen LogP contribution in [0.15, 0.2) is 84.5 Å². The second-order valence-corrected chi connectivity index (χ2v) is 14.0. The van der Waals surface area contributed by atoms with E-state index in [9.17, 15) is 19.8 Å². The van der Waals surface area contributed by atoms with Crippen LogP contribution in [-0.4, -0.2) is 51.9 Å². The Balaban J connectivity index is 1.17. The van der Waals surface area contributed by atoms with E-state index < -0.39 is 58.9 Å². The fourth-order valence-corrected chi connectivity index (χ4v) is 9.62. The van der Waals surface area contributed by atoms with Crippen molar-refractivity contribution in [3.05, 3.63) is 101 Å². The molecule has 1 heterocycles. The van der Waals surface area contributed by atoms with Crippen molar-refractivity contribution < 1.29 is 33.7 Å². The zero-order chi connectivity index (χ0) is 31.9. The largest absolute Gasteiger partial charge is 0.399 e. The predicted octanol–water partition coefficient (Wildman–Crippen LogP) is 5.38. The minimum absolute atomic E-state index is 0.0158. The molecule has 0 spiro atoms. The number of fused-ring (bicyclic) bond motifs is 7. The number of aliphatic hydroxyl groups excluding tert-OH is 2. The first kappa shape index (κ1) is 30.2. The van der Waals surface area contributed by atoms with Crippen LogP contribution in [-0.2, 0) is 20.7 Å². The Bertz CT molecular complexity index is 1650. The summed E-state index contributed by atoms with van der Waals surface area (Å²) in [5.74, 6) is -1.46. The number of hydrogen-bond acceptors (Lipinski definition) is 7. The van der Waals surface area contributed by atoms with Crippen LogP contribution in [0.1, 0.15) is 67.3 Å². The maximum Gasteiger partial charge on any atom is 0.193 e. The van der Waals surface area contributed by atoms with E-state index in [0.717, 1.165) is 16.7 Å². The number of nitrogen functional groups attached to an aromatic ring is 1. The fourth-order valence-electron chi connectivity index (χ4n) is 9.62. The second-order valence-electron chi connectivity index (χ2n) is 14.0. The van der Waals surface area contributed by atoms with E-state index in [0.29, 0.717) is 36.1 Å². The Hall–Kier alpha value is -3.43. The monoisotopic (exact) mass is 613 g/mol. The third-order valence-electron chi connectivity index (χ3n) is 11.9. The molecule has 45 heavy (non-hydrogen) atoms. The van der Waals surface area contributed by atoms with Gasteiger partial charge in [-0.05, 0) is 61.8 Å². The van der Waals surface area contributed by atoms with Crippen molar-refractivity contribution in [2.24, 2.45) is 22.7 Å². The van der Waals surface area contributed by atoms with Gasteiger partial charge in [-0.25, -0.2) is 4.39 Å². The number of ether oxygens (including phenoxy) is 2. The molecule has 7 rings (SSSR count). The molecule has 7 nitrogen and oxygen atoms in total. The SMILES string of the molecule is C=C1C=C[C@@]2(C)C(=C1)CC[C@H]1[C@@H]3C[C@H]4O[C@H](c5ccc(C(=O)Cc6cccc(N)c6)cc5)O[C@@]4(C(=O)CO)[C@@]3(C)C[C@H](O)[C@@]12F. The van der Waals surface area contributed by atoms with Gasteiger partial charge in [-0.1, -0.05) is 73.7 Å². The highest BCUT2D eigenvalue weighted by atomic mass is 19.1. The van der Waals surface area contributed by atoms with Crippen molar-refractivity contribution in [2.75, 3.05) is 12.3 Å². The molecule has 0 unspecified atom stereocenters. The maximum atomic E-state index is 17.6. The van der Waals surface area contributed by atoms with E-state index in [-0.39, 0.29) is 24.5 Å². The zero-order valence-electron chi connectivity index (χ0n) is 25.7. The van der Waals surface area contributed by atoms with Gasteiger partial charge in [-0.3, -0.25) is 9.59 Å². The van der Waals surface area contributed by atoms with Crippen LogP contribution in [0.3, 0.4) is 0 Å². The number of carbonyl (C=O) groups is 2. The van der Waals surface area contributed by atoms with E-state index in [4.69, 9.17) is 15.2 Å². The van der Waals surface area contributed by atoms with Crippen molar-refractivity contribution in [3.63, 3.8) is 0 Å². The Morgan fingerprint density at radius 3 is 2.60 bits per heavy atom. The molecule has 1 aliphatic heterocycles. The number of allylic oxidation sites excluding steroid dienone is 5. The Kier molecular flexibility index (Phi) is 6.91. The first-order chi connectivity index (χ1) is 21.4. The highest BCUT2D eigenvalue weighted by molar-refractivity contribution is 5.97. The van der Waals surface area contributed by atoms with Gasteiger partial charge in [0, 0.05) is 40.0 Å². The van der Waals surface area contributed by atoms with Crippen molar-refractivity contribution >= 4 is 17.3 Å². The lowest BCUT2D eigenvalue weighted by Gasteiger charge is -2.62. The van der Waals surface area contributed by atoms with Crippen LogP contribution in [0, 0.1) is 22.7 Å². The number of rotatable bonds is 6. The Morgan fingerprint density at radius 1 is 1.13 bits per heavy atom. The average molecular weight is 614 g/mol. The van der Waals surface area contributed by atoms with E-state index in [1.54, 1.807) is 36.4 Å². The van der Waals surface area contributed by atoms with Crippen molar-refractivity contribution in [1.29, 1.82) is 0 Å². The first-order valence-electron chi connectivity index (χ1n) is 15.8. The van der Waals surface area contributed by atoms with Crippen LogP contribution >= 0.6 is 0 Å². The van der Waals surface area contributed by atoms with Crippen molar-refractivity contribution in [3.8, 4) is 0 Å². The standard InChI is InChI=1S/C37H40FNO6/c1-21-13-14-34(2)25(15-21)11-12-27-28-18-32-37(31(43)20-40,35(28,3)19-30(42)36(27,34)38)45-33(44-32)24-9-7-23(8-10-24)29(41)17-22-5-4-6-26(39)16-22/h4-10,13-16,27-28,30,32-33,40,42H,1,11-12,17-20,39H2,2-3H3/t27-,28-,30-,32+,33-,34-,35-,36-,37+/m0/s1. The molecule has 1 saturated heterocycles. The summed E-state index contributed by atoms with van der Waals surface area (Å²) in [6.45, 7) is 7.02. The normalized spacial score (nSPS) is 39.8. The van der Waals surface area contributed by atoms with E-state index in [1.165, 1.54) is 0 Å². The Morgan fingerprint density at radius 2 is 1.89 bits per heavy atom. The topological polar surface area (TPSA) is 119 Å². The third kappa shape index (κ3) is 4.08. The van der Waals surface area contributed by atoms with Crippen LogP contribution in [0.4, 0.5) is 10.1 Å². The maximum absolute atomic E-state index is 17.6. The summed E-state index contributed by atoms with van der Waals surface area (Å²) in [5.41, 5.74) is 4.66.